The summed E-state index contributed by atoms with van der Waals surface area (Å²) in [4.78, 5) is 81.2. The number of benzene rings is 1. The van der Waals surface area contributed by atoms with E-state index in [1.165, 1.54) is 17.0 Å². The van der Waals surface area contributed by atoms with Crippen LogP contribution in [0.1, 0.15) is 79.2 Å². The molecular formula is C35H58N8O7. The minimum Gasteiger partial charge on any atom is -0.508 e. The Morgan fingerprint density at radius 1 is 0.800 bits per heavy atom. The summed E-state index contributed by atoms with van der Waals surface area (Å²) >= 11 is 0. The van der Waals surface area contributed by atoms with E-state index in [4.69, 9.17) is 17.2 Å². The van der Waals surface area contributed by atoms with Gasteiger partial charge in [0.2, 0.25) is 35.4 Å². The van der Waals surface area contributed by atoms with Crippen LogP contribution in [-0.2, 0) is 35.2 Å². The van der Waals surface area contributed by atoms with Gasteiger partial charge in [-0.2, -0.15) is 0 Å². The number of likely N-dealkylation sites (tertiary alicyclic amines) is 1. The van der Waals surface area contributed by atoms with Crippen LogP contribution >= 0.6 is 0 Å². The number of phenols is 1. The number of nitrogens with zero attached hydrogens (tertiary/aromatic N) is 1. The average molecular weight is 703 g/mol. The van der Waals surface area contributed by atoms with Gasteiger partial charge in [-0.05, 0) is 74.1 Å². The number of primary amides is 1. The van der Waals surface area contributed by atoms with Gasteiger partial charge in [-0.3, -0.25) is 28.8 Å². The van der Waals surface area contributed by atoms with Crippen LogP contribution in [0.2, 0.25) is 0 Å². The number of nitrogens with one attached hydrogen (secondary N) is 4. The lowest BCUT2D eigenvalue weighted by Crippen LogP contribution is -2.61. The van der Waals surface area contributed by atoms with Crippen LogP contribution in [0.4, 0.5) is 0 Å². The van der Waals surface area contributed by atoms with Gasteiger partial charge in [0.25, 0.3) is 0 Å². The van der Waals surface area contributed by atoms with E-state index in [0.717, 1.165) is 0 Å². The molecular weight excluding hydrogens is 644 g/mol. The summed E-state index contributed by atoms with van der Waals surface area (Å²) in [6.07, 6.45) is 2.35. The summed E-state index contributed by atoms with van der Waals surface area (Å²) in [5, 5.41) is 20.8. The van der Waals surface area contributed by atoms with E-state index in [9.17, 15) is 33.9 Å². The van der Waals surface area contributed by atoms with E-state index in [-0.39, 0.29) is 37.0 Å². The van der Waals surface area contributed by atoms with E-state index in [1.807, 2.05) is 0 Å². The minimum absolute atomic E-state index is 0.0230. The molecule has 0 unspecified atom stereocenters. The molecule has 0 saturated carbocycles. The Morgan fingerprint density at radius 2 is 1.40 bits per heavy atom. The van der Waals surface area contributed by atoms with Gasteiger partial charge in [0, 0.05) is 13.0 Å². The molecule has 15 heteroatoms. The quantitative estimate of drug-likeness (QED) is 0.0886. The number of hydrogen-bond donors (Lipinski definition) is 8. The van der Waals surface area contributed by atoms with E-state index in [2.05, 4.69) is 21.3 Å². The van der Waals surface area contributed by atoms with E-state index in [0.29, 0.717) is 37.8 Å². The lowest BCUT2D eigenvalue weighted by Gasteiger charge is -2.32. The number of nitrogens with two attached hydrogens (primary N) is 3. The van der Waals surface area contributed by atoms with Gasteiger partial charge in [-0.25, -0.2) is 0 Å². The Hall–Kier alpha value is -4.24. The summed E-state index contributed by atoms with van der Waals surface area (Å²) < 4.78 is 0. The minimum atomic E-state index is -1.15. The highest BCUT2D eigenvalue weighted by Gasteiger charge is 2.40. The SMILES string of the molecule is CC(C)[C@H](N)C(=O)N[C@@H](CCCCN)C(=O)N[C@H](C(=O)N[C@@H](Cc1ccc(O)cc1)C(=O)N1CCC[C@H]1C(=O)N[C@H](C(N)=O)C(C)C)C(C)C. The van der Waals surface area contributed by atoms with Crippen molar-refractivity contribution in [3.63, 3.8) is 0 Å². The third kappa shape index (κ3) is 12.3. The second kappa shape index (κ2) is 19.8. The van der Waals surface area contributed by atoms with Crippen molar-refractivity contribution in [1.82, 2.24) is 26.2 Å². The standard InChI is InChI=1S/C35H58N8O7/c1-19(2)27(37)33(48)39-24(10-7-8-16-36)31(46)42-29(21(5)6)34(49)40-25(18-22-12-14-23(44)15-13-22)35(50)43-17-9-11-26(43)32(47)41-28(20(3)4)30(38)45/h12-15,19-21,24-29,44H,7-11,16-18,36-37H2,1-6H3,(H2,38,45)(H,39,48)(H,40,49)(H,41,47)(H,42,46)/t24-,25-,26-,27-,28-,29-/m0/s1. The van der Waals surface area contributed by atoms with Crippen LogP contribution in [0.3, 0.4) is 0 Å². The summed E-state index contributed by atoms with van der Waals surface area (Å²) in [5.41, 5.74) is 17.8. The fraction of sp³-hybridized carbons (Fsp3) is 0.657. The molecule has 1 heterocycles. The predicted molar refractivity (Wildman–Crippen MR) is 189 cm³/mol. The van der Waals surface area contributed by atoms with Gasteiger partial charge in [0.05, 0.1) is 6.04 Å². The van der Waals surface area contributed by atoms with Gasteiger partial charge in [0.1, 0.15) is 36.0 Å². The van der Waals surface area contributed by atoms with Gasteiger partial charge in [-0.15, -0.1) is 0 Å². The summed E-state index contributed by atoms with van der Waals surface area (Å²) in [5.74, 6) is -4.26. The van der Waals surface area contributed by atoms with Crippen molar-refractivity contribution in [2.45, 2.75) is 116 Å². The second-order valence-electron chi connectivity index (χ2n) is 14.1. The highest BCUT2D eigenvalue weighted by molar-refractivity contribution is 5.97. The Kier molecular flexibility index (Phi) is 16.6. The van der Waals surface area contributed by atoms with Crippen LogP contribution < -0.4 is 38.5 Å². The monoisotopic (exact) mass is 702 g/mol. The smallest absolute Gasteiger partial charge is 0.246 e. The van der Waals surface area contributed by atoms with Crippen molar-refractivity contribution in [2.24, 2.45) is 35.0 Å². The molecule has 6 atom stereocenters. The van der Waals surface area contributed by atoms with Crippen LogP contribution in [0.5, 0.6) is 5.75 Å². The maximum atomic E-state index is 14.2. The van der Waals surface area contributed by atoms with Crippen LogP contribution in [0.15, 0.2) is 24.3 Å². The topological polar surface area (TPSA) is 252 Å². The molecule has 11 N–H and O–H groups in total. The van der Waals surface area contributed by atoms with Crippen molar-refractivity contribution in [3.8, 4) is 5.75 Å². The number of hydrogen-bond acceptors (Lipinski definition) is 9. The first-order valence-corrected chi connectivity index (χ1v) is 17.5. The summed E-state index contributed by atoms with van der Waals surface area (Å²) in [6.45, 7) is 11.2. The van der Waals surface area contributed by atoms with Crippen LogP contribution in [0, 0.1) is 17.8 Å². The lowest BCUT2D eigenvalue weighted by atomic mass is 9.99. The first-order valence-electron chi connectivity index (χ1n) is 17.5. The molecule has 0 bridgehead atoms. The van der Waals surface area contributed by atoms with E-state index < -0.39 is 77.6 Å². The number of rotatable bonds is 19. The summed E-state index contributed by atoms with van der Waals surface area (Å²) in [6, 6.07) is 0.295. The maximum Gasteiger partial charge on any atom is 0.246 e. The molecule has 0 aliphatic carbocycles. The molecule has 0 spiro atoms. The molecule has 1 aromatic rings. The van der Waals surface area contributed by atoms with Crippen LogP contribution in [0.25, 0.3) is 0 Å². The largest absolute Gasteiger partial charge is 0.508 e. The zero-order valence-electron chi connectivity index (χ0n) is 30.2. The van der Waals surface area contributed by atoms with Gasteiger partial charge in [-0.1, -0.05) is 53.7 Å². The molecule has 280 valence electrons. The first kappa shape index (κ1) is 41.9. The number of carbonyl (C=O) groups is 6. The second-order valence-corrected chi connectivity index (χ2v) is 14.1. The third-order valence-electron chi connectivity index (χ3n) is 8.95. The Balaban J connectivity index is 2.35. The zero-order chi connectivity index (χ0) is 37.7. The van der Waals surface area contributed by atoms with E-state index >= 15 is 0 Å². The first-order chi connectivity index (χ1) is 23.5. The fourth-order valence-corrected chi connectivity index (χ4v) is 5.77. The van der Waals surface area contributed by atoms with Crippen molar-refractivity contribution in [1.29, 1.82) is 0 Å². The molecule has 2 rings (SSSR count). The molecule has 0 aromatic heterocycles. The number of amides is 6. The molecule has 6 amide bonds. The molecule has 1 aliphatic heterocycles. The van der Waals surface area contributed by atoms with Gasteiger partial charge < -0.3 is 48.5 Å². The van der Waals surface area contributed by atoms with E-state index in [1.54, 1.807) is 53.7 Å². The number of phenolic OH excluding ortho intramolecular Hbond substituents is 1. The average Bonchev–Trinajstić information content (AvgIpc) is 3.55. The highest BCUT2D eigenvalue weighted by Crippen LogP contribution is 2.21. The highest BCUT2D eigenvalue weighted by atomic mass is 16.3. The fourth-order valence-electron chi connectivity index (χ4n) is 5.77. The van der Waals surface area contributed by atoms with Crippen molar-refractivity contribution < 1.29 is 33.9 Å². The molecule has 0 radical (unpaired) electrons. The molecule has 1 fully saturated rings. The summed E-state index contributed by atoms with van der Waals surface area (Å²) in [7, 11) is 0. The van der Waals surface area contributed by atoms with Gasteiger partial charge in [0.15, 0.2) is 0 Å². The van der Waals surface area contributed by atoms with Crippen LogP contribution in [-0.4, -0.2) is 94.8 Å². The normalized spacial score (nSPS) is 17.5. The Bertz CT molecular complexity index is 1320. The van der Waals surface area contributed by atoms with Crippen molar-refractivity contribution in [2.75, 3.05) is 13.1 Å². The lowest BCUT2D eigenvalue weighted by molar-refractivity contribution is -0.142. The number of unbranched alkanes of at least 4 members (excludes halogenated alkanes) is 1. The molecule has 15 nitrogen and oxygen atoms in total. The van der Waals surface area contributed by atoms with Gasteiger partial charge >= 0.3 is 0 Å². The molecule has 1 saturated heterocycles. The molecule has 50 heavy (non-hydrogen) atoms. The van der Waals surface area contributed by atoms with Crippen molar-refractivity contribution >= 4 is 35.4 Å². The maximum absolute atomic E-state index is 14.2. The molecule has 1 aromatic carbocycles. The van der Waals surface area contributed by atoms with Crippen molar-refractivity contribution in [3.05, 3.63) is 29.8 Å². The zero-order valence-corrected chi connectivity index (χ0v) is 30.2. The third-order valence-corrected chi connectivity index (χ3v) is 8.95. The number of carbonyl (C=O) groups excluding carboxylic acids is 6. The Morgan fingerprint density at radius 3 is 1.94 bits per heavy atom. The predicted octanol–water partition coefficient (Wildman–Crippen LogP) is -0.225. The Labute approximate surface area is 295 Å². The molecule has 1 aliphatic rings. The number of aromatic hydroxyl groups is 1.